The number of amides is 1. The molecule has 1 amide bonds. The maximum Gasteiger partial charge on any atom is 0.267 e. The van der Waals surface area contributed by atoms with E-state index in [2.05, 4.69) is 47.0 Å². The average molecular weight is 325 g/mol. The number of fused-ring (bicyclic) bond motifs is 2. The Morgan fingerprint density at radius 1 is 1.47 bits per heavy atom. The fourth-order valence-corrected chi connectivity index (χ4v) is 4.50. The zero-order valence-electron chi connectivity index (χ0n) is 11.7. The number of carbonyl (C=O) groups excluding carboxylic acids is 1. The largest absolute Gasteiger partial charge is 0.356 e. The predicted octanol–water partition coefficient (Wildman–Crippen LogP) is 3.72. The first-order valence-electron chi connectivity index (χ1n) is 6.99. The van der Waals surface area contributed by atoms with Crippen molar-refractivity contribution in [3.63, 3.8) is 0 Å². The summed E-state index contributed by atoms with van der Waals surface area (Å²) in [7, 11) is 0. The van der Waals surface area contributed by atoms with E-state index in [1.165, 1.54) is 12.8 Å². The Balaban J connectivity index is 1.77. The molecule has 2 aliphatic carbocycles. The van der Waals surface area contributed by atoms with Crippen LogP contribution in [0.15, 0.2) is 16.7 Å². The molecular formula is C15H21BrN2O. The first-order valence-corrected chi connectivity index (χ1v) is 7.79. The van der Waals surface area contributed by atoms with E-state index in [0.29, 0.717) is 17.2 Å². The molecule has 2 bridgehead atoms. The molecule has 0 saturated heterocycles. The molecule has 2 aliphatic rings. The highest BCUT2D eigenvalue weighted by atomic mass is 79.9. The molecule has 2 fully saturated rings. The van der Waals surface area contributed by atoms with Crippen LogP contribution in [-0.4, -0.2) is 16.9 Å². The van der Waals surface area contributed by atoms with Crippen molar-refractivity contribution < 1.29 is 4.79 Å². The van der Waals surface area contributed by atoms with Gasteiger partial charge >= 0.3 is 0 Å². The fourth-order valence-electron chi connectivity index (χ4n) is 4.16. The van der Waals surface area contributed by atoms with E-state index in [1.807, 2.05) is 6.07 Å². The molecule has 1 heterocycles. The average Bonchev–Trinajstić information content (AvgIpc) is 2.91. The van der Waals surface area contributed by atoms with Crippen molar-refractivity contribution in [2.45, 2.75) is 46.1 Å². The molecule has 3 unspecified atom stereocenters. The third-order valence-electron chi connectivity index (χ3n) is 5.99. The van der Waals surface area contributed by atoms with Crippen LogP contribution >= 0.6 is 15.9 Å². The minimum Gasteiger partial charge on any atom is -0.356 e. The zero-order valence-corrected chi connectivity index (χ0v) is 13.3. The molecule has 3 atom stereocenters. The molecular weight excluding hydrogens is 304 g/mol. The number of nitrogens with one attached hydrogen (secondary N) is 2. The van der Waals surface area contributed by atoms with Crippen LogP contribution in [0.25, 0.3) is 0 Å². The molecule has 0 aromatic carbocycles. The smallest absolute Gasteiger partial charge is 0.267 e. The Labute approximate surface area is 122 Å². The predicted molar refractivity (Wildman–Crippen MR) is 79.0 cm³/mol. The van der Waals surface area contributed by atoms with Crippen LogP contribution in [0.4, 0.5) is 0 Å². The van der Waals surface area contributed by atoms with Gasteiger partial charge in [0.05, 0.1) is 0 Å². The quantitative estimate of drug-likeness (QED) is 0.855. The number of hydrogen-bond acceptors (Lipinski definition) is 1. The molecule has 0 aliphatic heterocycles. The SMILES string of the molecule is CC1(C)C2CCC1(C)C(NC(=O)c1cc(Br)c[nH]1)C2. The Morgan fingerprint density at radius 2 is 2.21 bits per heavy atom. The zero-order chi connectivity index (χ0) is 13.8. The van der Waals surface area contributed by atoms with Gasteiger partial charge in [-0.05, 0) is 58.0 Å². The van der Waals surface area contributed by atoms with Crippen molar-refractivity contribution in [3.8, 4) is 0 Å². The van der Waals surface area contributed by atoms with Gasteiger partial charge in [-0.1, -0.05) is 20.8 Å². The summed E-state index contributed by atoms with van der Waals surface area (Å²) in [4.78, 5) is 15.3. The second kappa shape index (κ2) is 4.11. The van der Waals surface area contributed by atoms with E-state index in [9.17, 15) is 4.79 Å². The summed E-state index contributed by atoms with van der Waals surface area (Å²) in [5.74, 6) is 0.762. The normalized spacial score (nSPS) is 35.6. The summed E-state index contributed by atoms with van der Waals surface area (Å²) in [5, 5.41) is 3.25. The first-order chi connectivity index (χ1) is 8.84. The third-order valence-corrected chi connectivity index (χ3v) is 6.45. The lowest BCUT2D eigenvalue weighted by Gasteiger charge is -2.39. The monoisotopic (exact) mass is 324 g/mol. The van der Waals surface area contributed by atoms with Crippen molar-refractivity contribution in [1.29, 1.82) is 0 Å². The molecule has 2 N–H and O–H groups in total. The lowest BCUT2D eigenvalue weighted by molar-refractivity contribution is 0.0822. The molecule has 1 aromatic rings. The Hall–Kier alpha value is -0.770. The number of rotatable bonds is 2. The van der Waals surface area contributed by atoms with Gasteiger partial charge in [-0.2, -0.15) is 0 Å². The molecule has 1 aromatic heterocycles. The van der Waals surface area contributed by atoms with Crippen LogP contribution in [0.2, 0.25) is 0 Å². The second-order valence-corrected chi connectivity index (χ2v) is 7.78. The number of H-pyrrole nitrogens is 1. The van der Waals surface area contributed by atoms with Gasteiger partial charge in [-0.3, -0.25) is 4.79 Å². The van der Waals surface area contributed by atoms with Crippen LogP contribution in [0.3, 0.4) is 0 Å². The number of halogens is 1. The fraction of sp³-hybridized carbons (Fsp3) is 0.667. The van der Waals surface area contributed by atoms with Gasteiger partial charge in [0.1, 0.15) is 5.69 Å². The van der Waals surface area contributed by atoms with Gasteiger partial charge in [0.15, 0.2) is 0 Å². The lowest BCUT2D eigenvalue weighted by Crippen LogP contribution is -2.46. The molecule has 2 saturated carbocycles. The minimum absolute atomic E-state index is 0.0141. The van der Waals surface area contributed by atoms with E-state index in [0.717, 1.165) is 16.8 Å². The molecule has 4 heteroatoms. The number of hydrogen-bond donors (Lipinski definition) is 2. The van der Waals surface area contributed by atoms with Gasteiger partial charge in [0.25, 0.3) is 5.91 Å². The van der Waals surface area contributed by atoms with E-state index in [1.54, 1.807) is 6.20 Å². The molecule has 0 spiro atoms. The van der Waals surface area contributed by atoms with Gasteiger partial charge in [-0.25, -0.2) is 0 Å². The van der Waals surface area contributed by atoms with E-state index < -0.39 is 0 Å². The molecule has 104 valence electrons. The van der Waals surface area contributed by atoms with Crippen molar-refractivity contribution in [2.75, 3.05) is 0 Å². The Kier molecular flexibility index (Phi) is 2.86. The van der Waals surface area contributed by atoms with E-state index in [-0.39, 0.29) is 11.3 Å². The standard InChI is InChI=1S/C15H21BrN2O/c1-14(2)9-4-5-15(14,3)12(6-9)18-13(19)11-7-10(16)8-17-11/h7-9,12,17H,4-6H2,1-3H3,(H,18,19). The van der Waals surface area contributed by atoms with E-state index >= 15 is 0 Å². The van der Waals surface area contributed by atoms with E-state index in [4.69, 9.17) is 0 Å². The van der Waals surface area contributed by atoms with Crippen LogP contribution in [0.1, 0.15) is 50.5 Å². The molecule has 3 rings (SSSR count). The van der Waals surface area contributed by atoms with Crippen molar-refractivity contribution in [1.82, 2.24) is 10.3 Å². The number of aromatic amines is 1. The van der Waals surface area contributed by atoms with Gasteiger partial charge in [0.2, 0.25) is 0 Å². The van der Waals surface area contributed by atoms with Crippen LogP contribution in [0.5, 0.6) is 0 Å². The molecule has 0 radical (unpaired) electrons. The summed E-state index contributed by atoms with van der Waals surface area (Å²) >= 11 is 3.36. The number of carbonyl (C=O) groups is 1. The highest BCUT2D eigenvalue weighted by Crippen LogP contribution is 2.65. The number of aromatic nitrogens is 1. The van der Waals surface area contributed by atoms with Crippen LogP contribution in [-0.2, 0) is 0 Å². The van der Waals surface area contributed by atoms with Gasteiger partial charge in [-0.15, -0.1) is 0 Å². The van der Waals surface area contributed by atoms with Crippen LogP contribution < -0.4 is 5.32 Å². The first kappa shape index (κ1) is 13.2. The minimum atomic E-state index is 0.0141. The van der Waals surface area contributed by atoms with Crippen LogP contribution in [0, 0.1) is 16.7 Å². The summed E-state index contributed by atoms with van der Waals surface area (Å²) < 4.78 is 0.914. The molecule has 3 nitrogen and oxygen atoms in total. The summed E-state index contributed by atoms with van der Waals surface area (Å²) in [6, 6.07) is 2.13. The van der Waals surface area contributed by atoms with Crippen molar-refractivity contribution in [3.05, 3.63) is 22.4 Å². The van der Waals surface area contributed by atoms with Crippen molar-refractivity contribution in [2.24, 2.45) is 16.7 Å². The highest BCUT2D eigenvalue weighted by molar-refractivity contribution is 9.10. The summed E-state index contributed by atoms with van der Waals surface area (Å²) in [5.41, 5.74) is 1.20. The molecule has 19 heavy (non-hydrogen) atoms. The lowest BCUT2D eigenvalue weighted by atomic mass is 9.69. The van der Waals surface area contributed by atoms with Crippen molar-refractivity contribution >= 4 is 21.8 Å². The second-order valence-electron chi connectivity index (χ2n) is 6.87. The maximum atomic E-state index is 12.3. The third kappa shape index (κ3) is 1.79. The highest BCUT2D eigenvalue weighted by Gasteiger charge is 2.61. The maximum absolute atomic E-state index is 12.3. The summed E-state index contributed by atoms with van der Waals surface area (Å²) in [6.45, 7) is 7.07. The van der Waals surface area contributed by atoms with Gasteiger partial charge in [0, 0.05) is 16.7 Å². The summed E-state index contributed by atoms with van der Waals surface area (Å²) in [6.07, 6.45) is 5.45. The van der Waals surface area contributed by atoms with Gasteiger partial charge < -0.3 is 10.3 Å². The Morgan fingerprint density at radius 3 is 2.68 bits per heavy atom. The Bertz CT molecular complexity index is 522. The topological polar surface area (TPSA) is 44.9 Å².